The van der Waals surface area contributed by atoms with Crippen molar-refractivity contribution >= 4 is 58.1 Å². The van der Waals surface area contributed by atoms with Crippen LogP contribution in [-0.4, -0.2) is 41.2 Å². The van der Waals surface area contributed by atoms with Crippen LogP contribution in [0.2, 0.25) is 10.0 Å². The van der Waals surface area contributed by atoms with E-state index in [1.807, 2.05) is 49.6 Å². The Morgan fingerprint density at radius 2 is 1.86 bits per heavy atom. The molecule has 0 bridgehead atoms. The number of rotatable bonds is 9. The first-order valence-electron chi connectivity index (χ1n) is 11.5. The molecule has 0 radical (unpaired) electrons. The van der Waals surface area contributed by atoms with Gasteiger partial charge in [0.25, 0.3) is 11.8 Å². The summed E-state index contributed by atoms with van der Waals surface area (Å²) in [5, 5.41) is 8.33. The fourth-order valence-electron chi connectivity index (χ4n) is 3.82. The van der Waals surface area contributed by atoms with Crippen LogP contribution in [-0.2, 0) is 20.9 Å². The number of ether oxygens (including phenoxy) is 1. The molecule has 1 heterocycles. The van der Waals surface area contributed by atoms with Gasteiger partial charge in [0.1, 0.15) is 12.6 Å². The standard InChI is InChI=1S/C26H28Cl2N4O4/c1-5-36-23(33)14-32-16(4)20(18-8-6-7-9-22(18)32)13-29-31-26(35)24(15(2)3)30-25(34)19-11-10-17(27)12-21(19)28/h6-13,15,24H,5,14H2,1-4H3,(H,30,34)(H,31,35). The summed E-state index contributed by atoms with van der Waals surface area (Å²) in [7, 11) is 0. The van der Waals surface area contributed by atoms with Crippen molar-refractivity contribution in [3.05, 3.63) is 69.3 Å². The van der Waals surface area contributed by atoms with Gasteiger partial charge in [-0.15, -0.1) is 0 Å². The zero-order chi connectivity index (χ0) is 26.4. The molecule has 2 amide bonds. The second-order valence-electron chi connectivity index (χ2n) is 8.46. The van der Waals surface area contributed by atoms with Gasteiger partial charge in [0.2, 0.25) is 0 Å². The van der Waals surface area contributed by atoms with Crippen molar-refractivity contribution in [1.29, 1.82) is 0 Å². The largest absolute Gasteiger partial charge is 0.465 e. The molecule has 0 saturated carbocycles. The van der Waals surface area contributed by atoms with E-state index in [4.69, 9.17) is 27.9 Å². The molecule has 0 aliphatic heterocycles. The van der Waals surface area contributed by atoms with Crippen molar-refractivity contribution in [1.82, 2.24) is 15.3 Å². The number of aromatic nitrogens is 1. The van der Waals surface area contributed by atoms with E-state index in [9.17, 15) is 14.4 Å². The van der Waals surface area contributed by atoms with Crippen LogP contribution in [0.4, 0.5) is 0 Å². The van der Waals surface area contributed by atoms with Crippen LogP contribution in [0.25, 0.3) is 10.9 Å². The van der Waals surface area contributed by atoms with E-state index >= 15 is 0 Å². The zero-order valence-corrected chi connectivity index (χ0v) is 22.0. The fraction of sp³-hybridized carbons (Fsp3) is 0.308. The maximum absolute atomic E-state index is 12.9. The number of hydrogen-bond donors (Lipinski definition) is 2. The molecule has 1 aromatic heterocycles. The molecule has 8 nitrogen and oxygen atoms in total. The minimum Gasteiger partial charge on any atom is -0.465 e. The highest BCUT2D eigenvalue weighted by Crippen LogP contribution is 2.25. The van der Waals surface area contributed by atoms with Gasteiger partial charge in [-0.2, -0.15) is 5.10 Å². The molecule has 3 aromatic rings. The Hall–Kier alpha value is -3.36. The minimum atomic E-state index is -0.854. The van der Waals surface area contributed by atoms with E-state index in [-0.39, 0.29) is 29.0 Å². The molecule has 0 fully saturated rings. The van der Waals surface area contributed by atoms with Crippen LogP contribution in [0.1, 0.15) is 42.4 Å². The van der Waals surface area contributed by atoms with Gasteiger partial charge >= 0.3 is 5.97 Å². The van der Waals surface area contributed by atoms with E-state index in [0.717, 1.165) is 22.2 Å². The highest BCUT2D eigenvalue weighted by atomic mass is 35.5. The molecule has 2 N–H and O–H groups in total. The Morgan fingerprint density at radius 3 is 2.53 bits per heavy atom. The summed E-state index contributed by atoms with van der Waals surface area (Å²) >= 11 is 12.0. The topological polar surface area (TPSA) is 102 Å². The summed E-state index contributed by atoms with van der Waals surface area (Å²) in [6.45, 7) is 7.62. The lowest BCUT2D eigenvalue weighted by molar-refractivity contribution is -0.143. The number of benzene rings is 2. The van der Waals surface area contributed by atoms with Gasteiger partial charge in [-0.1, -0.05) is 55.2 Å². The number of hydrogen-bond acceptors (Lipinski definition) is 5. The fourth-order valence-corrected chi connectivity index (χ4v) is 4.31. The van der Waals surface area contributed by atoms with E-state index in [1.54, 1.807) is 13.0 Å². The Kier molecular flexibility index (Phi) is 9.12. The number of nitrogens with one attached hydrogen (secondary N) is 2. The van der Waals surface area contributed by atoms with E-state index in [2.05, 4.69) is 15.8 Å². The smallest absolute Gasteiger partial charge is 0.325 e. The number of amides is 2. The van der Waals surface area contributed by atoms with Crippen molar-refractivity contribution in [2.24, 2.45) is 11.0 Å². The number of para-hydroxylation sites is 1. The van der Waals surface area contributed by atoms with Crippen molar-refractivity contribution in [3.8, 4) is 0 Å². The number of nitrogens with zero attached hydrogens (tertiary/aromatic N) is 2. The highest BCUT2D eigenvalue weighted by molar-refractivity contribution is 6.36. The summed E-state index contributed by atoms with van der Waals surface area (Å²) < 4.78 is 6.95. The average molecular weight is 531 g/mol. The van der Waals surface area contributed by atoms with Crippen LogP contribution >= 0.6 is 23.2 Å². The van der Waals surface area contributed by atoms with Gasteiger partial charge in [0.15, 0.2) is 0 Å². The van der Waals surface area contributed by atoms with Gasteiger partial charge in [0, 0.05) is 27.2 Å². The maximum Gasteiger partial charge on any atom is 0.325 e. The minimum absolute atomic E-state index is 0.0646. The second kappa shape index (κ2) is 12.1. The third kappa shape index (κ3) is 6.25. The zero-order valence-electron chi connectivity index (χ0n) is 20.5. The quantitative estimate of drug-likeness (QED) is 0.237. The van der Waals surface area contributed by atoms with Crippen LogP contribution < -0.4 is 10.7 Å². The molecule has 3 rings (SSSR count). The van der Waals surface area contributed by atoms with Gasteiger partial charge in [-0.25, -0.2) is 5.43 Å². The Morgan fingerprint density at radius 1 is 1.14 bits per heavy atom. The summed E-state index contributed by atoms with van der Waals surface area (Å²) in [5.74, 6) is -1.53. The first kappa shape index (κ1) is 27.2. The number of halogens is 2. The monoisotopic (exact) mass is 530 g/mol. The molecule has 190 valence electrons. The average Bonchev–Trinajstić information content (AvgIpc) is 3.08. The predicted octanol–water partition coefficient (Wildman–Crippen LogP) is 4.72. The molecule has 1 unspecified atom stereocenters. The van der Waals surface area contributed by atoms with Crippen molar-refractivity contribution in [3.63, 3.8) is 0 Å². The van der Waals surface area contributed by atoms with E-state index in [1.165, 1.54) is 18.3 Å². The molecular weight excluding hydrogens is 503 g/mol. The molecule has 0 saturated heterocycles. The molecule has 10 heteroatoms. The number of carbonyl (C=O) groups is 3. The van der Waals surface area contributed by atoms with Gasteiger partial charge < -0.3 is 14.6 Å². The molecule has 0 aliphatic rings. The van der Waals surface area contributed by atoms with Crippen molar-refractivity contribution in [2.75, 3.05) is 6.61 Å². The number of carbonyl (C=O) groups excluding carboxylic acids is 3. The predicted molar refractivity (Wildman–Crippen MR) is 142 cm³/mol. The van der Waals surface area contributed by atoms with Crippen LogP contribution in [0, 0.1) is 12.8 Å². The van der Waals surface area contributed by atoms with Crippen LogP contribution in [0.15, 0.2) is 47.6 Å². The first-order chi connectivity index (χ1) is 17.1. The second-order valence-corrected chi connectivity index (χ2v) is 9.30. The lowest BCUT2D eigenvalue weighted by Gasteiger charge is -2.20. The summed E-state index contributed by atoms with van der Waals surface area (Å²) in [6, 6.07) is 11.3. The van der Waals surface area contributed by atoms with E-state index in [0.29, 0.717) is 11.6 Å². The van der Waals surface area contributed by atoms with Crippen LogP contribution in [0.5, 0.6) is 0 Å². The van der Waals surface area contributed by atoms with Gasteiger partial charge in [-0.05, 0) is 44.0 Å². The number of hydrazone groups is 1. The van der Waals surface area contributed by atoms with Gasteiger partial charge in [-0.3, -0.25) is 14.4 Å². The Balaban J connectivity index is 1.78. The third-order valence-corrected chi connectivity index (χ3v) is 6.20. The molecule has 0 aliphatic carbocycles. The third-order valence-electron chi connectivity index (χ3n) is 5.65. The SMILES string of the molecule is CCOC(=O)Cn1c(C)c(C=NNC(=O)C(NC(=O)c2ccc(Cl)cc2Cl)C(C)C)c2ccccc21. The Labute approximate surface area is 219 Å². The first-order valence-corrected chi connectivity index (χ1v) is 12.2. The normalized spacial score (nSPS) is 12.2. The van der Waals surface area contributed by atoms with Gasteiger partial charge in [0.05, 0.1) is 23.4 Å². The maximum atomic E-state index is 12.9. The summed E-state index contributed by atoms with van der Waals surface area (Å²) in [4.78, 5) is 37.7. The molecule has 0 spiro atoms. The number of esters is 1. The lowest BCUT2D eigenvalue weighted by atomic mass is 10.0. The van der Waals surface area contributed by atoms with E-state index < -0.39 is 17.9 Å². The number of fused-ring (bicyclic) bond motifs is 1. The lowest BCUT2D eigenvalue weighted by Crippen LogP contribution is -2.48. The molecule has 36 heavy (non-hydrogen) atoms. The highest BCUT2D eigenvalue weighted by Gasteiger charge is 2.25. The Bertz CT molecular complexity index is 1320. The molecule has 2 aromatic carbocycles. The van der Waals surface area contributed by atoms with Crippen molar-refractivity contribution < 1.29 is 19.1 Å². The summed E-state index contributed by atoms with van der Waals surface area (Å²) in [5.41, 5.74) is 5.14. The van der Waals surface area contributed by atoms with Crippen molar-refractivity contribution in [2.45, 2.75) is 40.3 Å². The molecule has 1 atom stereocenters. The van der Waals surface area contributed by atoms with Crippen LogP contribution in [0.3, 0.4) is 0 Å². The summed E-state index contributed by atoms with van der Waals surface area (Å²) in [6.07, 6.45) is 1.53. The molecular formula is C26H28Cl2N4O4.